The van der Waals surface area contributed by atoms with Crippen LogP contribution in [-0.4, -0.2) is 15.3 Å². The molecular formula is C7H8BrNOS. The van der Waals surface area contributed by atoms with Crippen LogP contribution in [0.25, 0.3) is 0 Å². The molecule has 0 saturated carbocycles. The molecule has 0 aliphatic rings. The maximum Gasteiger partial charge on any atom is 0.244 e. The van der Waals surface area contributed by atoms with E-state index in [-0.39, 0.29) is 0 Å². The van der Waals surface area contributed by atoms with Gasteiger partial charge in [-0.15, -0.1) is 0 Å². The molecule has 1 rings (SSSR count). The summed E-state index contributed by atoms with van der Waals surface area (Å²) in [6, 6.07) is 3.61. The van der Waals surface area contributed by atoms with Gasteiger partial charge in [0.05, 0.1) is 0 Å². The van der Waals surface area contributed by atoms with E-state index in [2.05, 4.69) is 20.9 Å². The number of hydrogen-bond acceptors (Lipinski definition) is 2. The van der Waals surface area contributed by atoms with Crippen LogP contribution in [0.1, 0.15) is 6.92 Å². The largest absolute Gasteiger partial charge is 0.610 e. The summed E-state index contributed by atoms with van der Waals surface area (Å²) < 4.78 is 12.1. The van der Waals surface area contributed by atoms with Crippen molar-refractivity contribution in [2.75, 3.05) is 5.75 Å². The number of pyridine rings is 1. The van der Waals surface area contributed by atoms with Crippen molar-refractivity contribution in [3.8, 4) is 0 Å². The van der Waals surface area contributed by atoms with Crippen molar-refractivity contribution in [3.63, 3.8) is 0 Å². The molecule has 0 radical (unpaired) electrons. The fourth-order valence-electron chi connectivity index (χ4n) is 0.645. The van der Waals surface area contributed by atoms with E-state index in [4.69, 9.17) is 0 Å². The minimum atomic E-state index is -0.931. The molecule has 4 heteroatoms. The Morgan fingerprint density at radius 3 is 2.82 bits per heavy atom. The van der Waals surface area contributed by atoms with Gasteiger partial charge in [0, 0.05) is 27.9 Å². The summed E-state index contributed by atoms with van der Waals surface area (Å²) in [5, 5.41) is 0.649. The second kappa shape index (κ2) is 4.09. The lowest BCUT2D eigenvalue weighted by Crippen LogP contribution is -2.05. The van der Waals surface area contributed by atoms with Crippen LogP contribution >= 0.6 is 15.9 Å². The van der Waals surface area contributed by atoms with Crippen molar-refractivity contribution >= 4 is 27.1 Å². The van der Waals surface area contributed by atoms with E-state index in [9.17, 15) is 4.55 Å². The molecule has 60 valence electrons. The minimum Gasteiger partial charge on any atom is -0.610 e. The van der Waals surface area contributed by atoms with Gasteiger partial charge in [-0.3, -0.25) is 0 Å². The molecule has 1 heterocycles. The predicted octanol–water partition coefficient (Wildman–Crippen LogP) is 1.97. The average Bonchev–Trinajstić information content (AvgIpc) is 2.05. The maximum atomic E-state index is 11.2. The van der Waals surface area contributed by atoms with Crippen LogP contribution in [0, 0.1) is 0 Å². The smallest absolute Gasteiger partial charge is 0.244 e. The van der Waals surface area contributed by atoms with Crippen LogP contribution in [0.4, 0.5) is 0 Å². The normalized spacial score (nSPS) is 13.0. The van der Waals surface area contributed by atoms with Gasteiger partial charge in [-0.25, -0.2) is 4.98 Å². The highest BCUT2D eigenvalue weighted by atomic mass is 79.9. The van der Waals surface area contributed by atoms with Crippen LogP contribution in [-0.2, 0) is 11.2 Å². The summed E-state index contributed by atoms with van der Waals surface area (Å²) in [5.74, 6) is 0.620. The molecule has 1 aromatic heterocycles. The third-order valence-electron chi connectivity index (χ3n) is 1.20. The van der Waals surface area contributed by atoms with E-state index >= 15 is 0 Å². The molecule has 0 aliphatic carbocycles. The number of aromatic nitrogens is 1. The summed E-state index contributed by atoms with van der Waals surface area (Å²) in [7, 11) is 0. The van der Waals surface area contributed by atoms with Gasteiger partial charge in [0.2, 0.25) is 5.03 Å². The topological polar surface area (TPSA) is 36.0 Å². The first-order valence-corrected chi connectivity index (χ1v) is 5.35. The first-order chi connectivity index (χ1) is 5.24. The molecule has 2 nitrogen and oxygen atoms in total. The summed E-state index contributed by atoms with van der Waals surface area (Å²) in [5.41, 5.74) is 0. The molecule has 0 spiro atoms. The van der Waals surface area contributed by atoms with Crippen molar-refractivity contribution in [1.29, 1.82) is 0 Å². The van der Waals surface area contributed by atoms with Crippen LogP contribution < -0.4 is 0 Å². The Morgan fingerprint density at radius 2 is 2.36 bits per heavy atom. The standard InChI is InChI=1S/C7H8BrNOS/c1-2-11(10)7-4-3-6(8)5-9-7/h3-5H,2H2,1H3. The summed E-state index contributed by atoms with van der Waals surface area (Å²) in [4.78, 5) is 4.00. The summed E-state index contributed by atoms with van der Waals surface area (Å²) in [6.07, 6.45) is 1.66. The molecule has 11 heavy (non-hydrogen) atoms. The number of rotatable bonds is 2. The Labute approximate surface area is 77.3 Å². The molecule has 1 unspecified atom stereocenters. The third-order valence-corrected chi connectivity index (χ3v) is 2.90. The Morgan fingerprint density at radius 1 is 1.64 bits per heavy atom. The number of nitrogens with zero attached hydrogens (tertiary/aromatic N) is 1. The molecule has 0 N–H and O–H groups in total. The zero-order chi connectivity index (χ0) is 8.27. The van der Waals surface area contributed by atoms with Crippen LogP contribution in [0.5, 0.6) is 0 Å². The molecule has 0 amide bonds. The van der Waals surface area contributed by atoms with Gasteiger partial charge in [-0.05, 0) is 28.9 Å². The molecule has 0 fully saturated rings. The molecule has 1 aromatic rings. The van der Waals surface area contributed by atoms with Gasteiger partial charge in [0.15, 0.2) is 0 Å². The van der Waals surface area contributed by atoms with Gasteiger partial charge >= 0.3 is 0 Å². The van der Waals surface area contributed by atoms with Crippen LogP contribution in [0.3, 0.4) is 0 Å². The molecule has 0 bridgehead atoms. The van der Waals surface area contributed by atoms with Crippen molar-refractivity contribution in [2.45, 2.75) is 11.9 Å². The Balaban J connectivity index is 2.81. The summed E-state index contributed by atoms with van der Waals surface area (Å²) >= 11 is 2.32. The molecule has 0 aromatic carbocycles. The van der Waals surface area contributed by atoms with Gasteiger partial charge < -0.3 is 4.55 Å². The van der Waals surface area contributed by atoms with E-state index in [0.717, 1.165) is 4.47 Å². The Kier molecular flexibility index (Phi) is 3.36. The highest BCUT2D eigenvalue weighted by molar-refractivity contribution is 9.10. The third kappa shape index (κ3) is 2.47. The summed E-state index contributed by atoms with van der Waals surface area (Å²) in [6.45, 7) is 1.87. The maximum absolute atomic E-state index is 11.2. The van der Waals surface area contributed by atoms with Crippen molar-refractivity contribution < 1.29 is 4.55 Å². The molecule has 0 aliphatic heterocycles. The predicted molar refractivity (Wildman–Crippen MR) is 48.9 cm³/mol. The van der Waals surface area contributed by atoms with Gasteiger partial charge in [0.25, 0.3) is 0 Å². The van der Waals surface area contributed by atoms with E-state index in [0.29, 0.717) is 10.8 Å². The monoisotopic (exact) mass is 233 g/mol. The SMILES string of the molecule is CC[S+]([O-])c1ccc(Br)cn1. The van der Waals surface area contributed by atoms with E-state index < -0.39 is 11.2 Å². The lowest BCUT2D eigenvalue weighted by Gasteiger charge is -2.04. The van der Waals surface area contributed by atoms with Crippen molar-refractivity contribution in [1.82, 2.24) is 4.98 Å². The Hall–Kier alpha value is -0.0600. The van der Waals surface area contributed by atoms with Crippen molar-refractivity contribution in [3.05, 3.63) is 22.8 Å². The molecule has 0 saturated heterocycles. The average molecular weight is 234 g/mol. The zero-order valence-electron chi connectivity index (χ0n) is 6.08. The minimum absolute atomic E-state index is 0.620. The van der Waals surface area contributed by atoms with Gasteiger partial charge in [-0.2, -0.15) is 0 Å². The fraction of sp³-hybridized carbons (Fsp3) is 0.286. The van der Waals surface area contributed by atoms with E-state index in [1.54, 1.807) is 12.3 Å². The van der Waals surface area contributed by atoms with E-state index in [1.807, 2.05) is 13.0 Å². The van der Waals surface area contributed by atoms with Crippen LogP contribution in [0.15, 0.2) is 27.8 Å². The first-order valence-electron chi connectivity index (χ1n) is 3.24. The van der Waals surface area contributed by atoms with Gasteiger partial charge in [-0.1, -0.05) is 0 Å². The lowest BCUT2D eigenvalue weighted by molar-refractivity contribution is 0.592. The number of hydrogen-bond donors (Lipinski definition) is 0. The van der Waals surface area contributed by atoms with E-state index in [1.165, 1.54) is 0 Å². The second-order valence-corrected chi connectivity index (χ2v) is 4.55. The zero-order valence-corrected chi connectivity index (χ0v) is 8.48. The molecular weight excluding hydrogens is 226 g/mol. The quantitative estimate of drug-likeness (QED) is 0.733. The highest BCUT2D eigenvalue weighted by Gasteiger charge is 2.07. The van der Waals surface area contributed by atoms with Crippen molar-refractivity contribution in [2.24, 2.45) is 0 Å². The first kappa shape index (κ1) is 9.03. The highest BCUT2D eigenvalue weighted by Crippen LogP contribution is 2.11. The Bertz CT molecular complexity index is 226. The number of halogens is 1. The van der Waals surface area contributed by atoms with Gasteiger partial charge in [0.1, 0.15) is 5.75 Å². The lowest BCUT2D eigenvalue weighted by atomic mass is 10.5. The molecule has 1 atom stereocenters. The fourth-order valence-corrected chi connectivity index (χ4v) is 1.57. The second-order valence-electron chi connectivity index (χ2n) is 1.95. The van der Waals surface area contributed by atoms with Crippen LogP contribution in [0.2, 0.25) is 0 Å².